The number of phenolic OH excluding ortho intramolecular Hbond substituents is 2. The molecule has 2 aliphatic heterocycles. The topological polar surface area (TPSA) is 119 Å². The van der Waals surface area contributed by atoms with Gasteiger partial charge in [-0.2, -0.15) is 0 Å². The first-order valence-corrected chi connectivity index (χ1v) is 8.28. The van der Waals surface area contributed by atoms with Gasteiger partial charge in [-0.1, -0.05) is 18.2 Å². The van der Waals surface area contributed by atoms with Crippen LogP contribution < -0.4 is 4.74 Å². The van der Waals surface area contributed by atoms with Crippen LogP contribution in [0.3, 0.4) is 0 Å². The minimum atomic E-state index is -1.64. The van der Waals surface area contributed by atoms with Gasteiger partial charge in [0.2, 0.25) is 5.60 Å². The summed E-state index contributed by atoms with van der Waals surface area (Å²) in [4.78, 5) is 23.8. The number of nitrogens with zero attached hydrogens (tertiary/aromatic N) is 1. The molecule has 8 heteroatoms. The van der Waals surface area contributed by atoms with E-state index in [1.165, 1.54) is 24.3 Å². The largest absolute Gasteiger partial charge is 0.508 e. The number of carbonyl (C=O) groups is 1. The lowest BCUT2D eigenvalue weighted by atomic mass is 9.77. The van der Waals surface area contributed by atoms with E-state index in [0.717, 1.165) is 6.07 Å². The number of nitro groups is 1. The summed E-state index contributed by atoms with van der Waals surface area (Å²) in [6.07, 6.45) is 0. The first-order valence-electron chi connectivity index (χ1n) is 8.28. The highest BCUT2D eigenvalue weighted by atomic mass is 16.6. The van der Waals surface area contributed by atoms with Crippen LogP contribution in [0, 0.1) is 10.1 Å². The molecule has 8 nitrogen and oxygen atoms in total. The number of ether oxygens (including phenoxy) is 2. The minimum Gasteiger partial charge on any atom is -0.508 e. The lowest BCUT2D eigenvalue weighted by Gasteiger charge is -2.35. The number of benzene rings is 3. The second-order valence-corrected chi connectivity index (χ2v) is 6.49. The molecule has 5 rings (SSSR count). The van der Waals surface area contributed by atoms with Gasteiger partial charge in [-0.25, -0.2) is 4.79 Å². The predicted molar refractivity (Wildman–Crippen MR) is 94.7 cm³/mol. The Hall–Kier alpha value is -4.07. The van der Waals surface area contributed by atoms with Crippen molar-refractivity contribution in [2.45, 2.75) is 5.60 Å². The second kappa shape index (κ2) is 5.23. The summed E-state index contributed by atoms with van der Waals surface area (Å²) in [5.74, 6) is -0.970. The maximum absolute atomic E-state index is 12.6. The summed E-state index contributed by atoms with van der Waals surface area (Å²) < 4.78 is 11.5. The molecule has 0 amide bonds. The van der Waals surface area contributed by atoms with E-state index < -0.39 is 22.2 Å². The first-order chi connectivity index (χ1) is 13.4. The summed E-state index contributed by atoms with van der Waals surface area (Å²) in [7, 11) is 0. The van der Waals surface area contributed by atoms with Crippen LogP contribution >= 0.6 is 0 Å². The Bertz CT molecular complexity index is 1200. The average Bonchev–Trinajstić information content (AvgIpc) is 2.94. The Balaban J connectivity index is 1.97. The molecule has 1 unspecified atom stereocenters. The molecule has 0 saturated carbocycles. The van der Waals surface area contributed by atoms with Crippen LogP contribution in [0.1, 0.15) is 27.0 Å². The third kappa shape index (κ3) is 1.91. The van der Waals surface area contributed by atoms with Crippen molar-refractivity contribution < 1.29 is 29.4 Å². The van der Waals surface area contributed by atoms with E-state index in [1.807, 2.05) is 0 Å². The molecule has 0 saturated heterocycles. The third-order valence-corrected chi connectivity index (χ3v) is 4.95. The van der Waals surface area contributed by atoms with Gasteiger partial charge in [0.1, 0.15) is 28.6 Å². The fourth-order valence-electron chi connectivity index (χ4n) is 3.91. The zero-order valence-electron chi connectivity index (χ0n) is 14.1. The van der Waals surface area contributed by atoms with Crippen LogP contribution in [-0.4, -0.2) is 21.1 Å². The Kier molecular flexibility index (Phi) is 3.01. The van der Waals surface area contributed by atoms with E-state index in [4.69, 9.17) is 9.47 Å². The molecule has 3 aromatic carbocycles. The molecule has 3 aromatic rings. The van der Waals surface area contributed by atoms with Crippen molar-refractivity contribution in [3.8, 4) is 23.0 Å². The molecule has 28 heavy (non-hydrogen) atoms. The normalized spacial score (nSPS) is 18.6. The van der Waals surface area contributed by atoms with Gasteiger partial charge >= 0.3 is 5.97 Å². The van der Waals surface area contributed by atoms with Crippen LogP contribution in [0.2, 0.25) is 0 Å². The van der Waals surface area contributed by atoms with Crippen LogP contribution in [0.25, 0.3) is 0 Å². The Labute approximate surface area is 157 Å². The van der Waals surface area contributed by atoms with Crippen molar-refractivity contribution in [2.24, 2.45) is 0 Å². The van der Waals surface area contributed by atoms with Gasteiger partial charge < -0.3 is 19.7 Å². The first kappa shape index (κ1) is 16.1. The molecule has 1 spiro atoms. The van der Waals surface area contributed by atoms with Crippen molar-refractivity contribution in [2.75, 3.05) is 0 Å². The molecule has 138 valence electrons. The van der Waals surface area contributed by atoms with Crippen molar-refractivity contribution in [3.63, 3.8) is 0 Å². The van der Waals surface area contributed by atoms with Crippen LogP contribution in [-0.2, 0) is 10.3 Å². The zero-order chi connectivity index (χ0) is 19.6. The molecule has 2 heterocycles. The highest BCUT2D eigenvalue weighted by Crippen LogP contribution is 2.59. The van der Waals surface area contributed by atoms with E-state index >= 15 is 0 Å². The van der Waals surface area contributed by atoms with Crippen molar-refractivity contribution in [1.29, 1.82) is 0 Å². The van der Waals surface area contributed by atoms with Gasteiger partial charge in [-0.3, -0.25) is 10.1 Å². The molecular weight excluding hydrogens is 366 g/mol. The standard InChI is InChI=1S/C20H11NO7/c22-10-5-6-14-16(8-10)27-17-9-11(23)7-15(21(25)26)18(17)20(14)13-4-2-1-3-12(13)19(24)28-20/h1-9,22-23H. The van der Waals surface area contributed by atoms with Gasteiger partial charge in [0.05, 0.1) is 16.6 Å². The smallest absolute Gasteiger partial charge is 0.340 e. The molecule has 0 fully saturated rings. The maximum Gasteiger partial charge on any atom is 0.340 e. The lowest BCUT2D eigenvalue weighted by molar-refractivity contribution is -0.386. The minimum absolute atomic E-state index is 0.00629. The summed E-state index contributed by atoms with van der Waals surface area (Å²) in [6, 6.07) is 13.0. The van der Waals surface area contributed by atoms with Gasteiger partial charge in [-0.05, 0) is 18.2 Å². The SMILES string of the molecule is O=C1OC2(c3ccc(O)cc3Oc3cc(O)cc([N+](=O)[O-])c32)c2ccccc21. The summed E-state index contributed by atoms with van der Waals surface area (Å²) in [6.45, 7) is 0. The van der Waals surface area contributed by atoms with E-state index in [1.54, 1.807) is 24.3 Å². The number of hydrogen-bond acceptors (Lipinski definition) is 7. The summed E-state index contributed by atoms with van der Waals surface area (Å²) in [5.41, 5.74) is -1.04. The quantitative estimate of drug-likeness (QED) is 0.378. The number of esters is 1. The molecule has 1 atom stereocenters. The van der Waals surface area contributed by atoms with Crippen LogP contribution in [0.5, 0.6) is 23.0 Å². The number of rotatable bonds is 1. The number of hydrogen-bond donors (Lipinski definition) is 2. The van der Waals surface area contributed by atoms with Crippen molar-refractivity contribution >= 4 is 11.7 Å². The highest BCUT2D eigenvalue weighted by Gasteiger charge is 2.56. The summed E-state index contributed by atoms with van der Waals surface area (Å²) in [5, 5.41) is 31.6. The molecular formula is C20H11NO7. The van der Waals surface area contributed by atoms with Crippen molar-refractivity contribution in [1.82, 2.24) is 0 Å². The molecule has 2 aliphatic rings. The van der Waals surface area contributed by atoms with Crippen molar-refractivity contribution in [3.05, 3.63) is 87.0 Å². The number of nitro benzene ring substituents is 1. The Morgan fingerprint density at radius 2 is 1.68 bits per heavy atom. The van der Waals surface area contributed by atoms with Gasteiger partial charge in [0.15, 0.2) is 0 Å². The lowest BCUT2D eigenvalue weighted by Crippen LogP contribution is -2.33. The van der Waals surface area contributed by atoms with E-state index in [2.05, 4.69) is 0 Å². The van der Waals surface area contributed by atoms with Gasteiger partial charge in [0.25, 0.3) is 5.69 Å². The summed E-state index contributed by atoms with van der Waals surface area (Å²) >= 11 is 0. The fraction of sp³-hybridized carbons (Fsp3) is 0.0500. The Morgan fingerprint density at radius 1 is 0.929 bits per heavy atom. The van der Waals surface area contributed by atoms with Crippen LogP contribution in [0.4, 0.5) is 5.69 Å². The fourth-order valence-corrected chi connectivity index (χ4v) is 3.91. The second-order valence-electron chi connectivity index (χ2n) is 6.49. The number of aromatic hydroxyl groups is 2. The molecule has 0 radical (unpaired) electrons. The predicted octanol–water partition coefficient (Wildman–Crippen LogP) is 3.57. The molecule has 0 aromatic heterocycles. The monoisotopic (exact) mass is 377 g/mol. The zero-order valence-corrected chi connectivity index (χ0v) is 14.1. The maximum atomic E-state index is 12.6. The Morgan fingerprint density at radius 3 is 2.46 bits per heavy atom. The number of phenols is 2. The molecule has 0 bridgehead atoms. The van der Waals surface area contributed by atoms with E-state index in [-0.39, 0.29) is 34.1 Å². The number of fused-ring (bicyclic) bond motifs is 6. The van der Waals surface area contributed by atoms with Gasteiger partial charge in [0, 0.05) is 23.3 Å². The van der Waals surface area contributed by atoms with Crippen LogP contribution in [0.15, 0.2) is 54.6 Å². The average molecular weight is 377 g/mol. The van der Waals surface area contributed by atoms with E-state index in [0.29, 0.717) is 11.1 Å². The highest BCUT2D eigenvalue weighted by molar-refractivity contribution is 5.97. The molecule has 0 aliphatic carbocycles. The van der Waals surface area contributed by atoms with Gasteiger partial charge in [-0.15, -0.1) is 0 Å². The number of carbonyl (C=O) groups excluding carboxylic acids is 1. The molecule has 2 N–H and O–H groups in total. The van der Waals surface area contributed by atoms with E-state index in [9.17, 15) is 25.1 Å². The third-order valence-electron chi connectivity index (χ3n) is 4.95.